The lowest BCUT2D eigenvalue weighted by atomic mass is 10.1. The van der Waals surface area contributed by atoms with Gasteiger partial charge in [0.15, 0.2) is 0 Å². The first-order valence-corrected chi connectivity index (χ1v) is 6.32. The predicted molar refractivity (Wildman–Crippen MR) is 70.4 cm³/mol. The Morgan fingerprint density at radius 3 is 2.89 bits per heavy atom. The normalized spacial score (nSPS) is 18.3. The molecule has 0 saturated carbocycles. The largest absolute Gasteiger partial charge is 0.496 e. The van der Waals surface area contributed by atoms with Gasteiger partial charge in [-0.2, -0.15) is 0 Å². The summed E-state index contributed by atoms with van der Waals surface area (Å²) in [6.07, 6.45) is 1.31. The molecule has 1 aromatic carbocycles. The van der Waals surface area contributed by atoms with Crippen molar-refractivity contribution in [3.05, 3.63) is 29.3 Å². The minimum absolute atomic E-state index is 0.270. The van der Waals surface area contributed by atoms with Crippen LogP contribution in [0.25, 0.3) is 0 Å². The van der Waals surface area contributed by atoms with Crippen molar-refractivity contribution in [3.63, 3.8) is 0 Å². The Balaban J connectivity index is 2.03. The van der Waals surface area contributed by atoms with Crippen molar-refractivity contribution in [1.82, 2.24) is 5.32 Å². The van der Waals surface area contributed by atoms with Crippen molar-refractivity contribution in [1.29, 1.82) is 0 Å². The van der Waals surface area contributed by atoms with E-state index in [-0.39, 0.29) is 6.10 Å². The van der Waals surface area contributed by atoms with Crippen molar-refractivity contribution in [2.75, 3.05) is 27.3 Å². The quantitative estimate of drug-likeness (QED) is 0.815. The Morgan fingerprint density at radius 2 is 2.26 bits per heavy atom. The first-order valence-electron chi connectivity index (χ1n) is 6.32. The molecule has 1 aromatic rings. The van der Waals surface area contributed by atoms with Gasteiger partial charge in [-0.05, 0) is 30.7 Å². The van der Waals surface area contributed by atoms with E-state index in [9.17, 15) is 4.79 Å². The van der Waals surface area contributed by atoms with Crippen LogP contribution in [0.3, 0.4) is 0 Å². The number of esters is 1. The Labute approximate surface area is 112 Å². The van der Waals surface area contributed by atoms with Crippen LogP contribution >= 0.6 is 0 Å². The van der Waals surface area contributed by atoms with Gasteiger partial charge in [-0.1, -0.05) is 6.07 Å². The summed E-state index contributed by atoms with van der Waals surface area (Å²) in [5.41, 5.74) is 1.41. The third-order valence-corrected chi connectivity index (χ3v) is 3.17. The number of carbonyl (C=O) groups is 1. The molecule has 1 atom stereocenters. The number of hydrogen-bond acceptors (Lipinski definition) is 5. The highest BCUT2D eigenvalue weighted by molar-refractivity contribution is 5.92. The summed E-state index contributed by atoms with van der Waals surface area (Å²) < 4.78 is 15.7. The molecule has 1 aliphatic heterocycles. The van der Waals surface area contributed by atoms with Crippen LogP contribution in [0, 0.1) is 0 Å². The van der Waals surface area contributed by atoms with Crippen LogP contribution < -0.4 is 10.1 Å². The van der Waals surface area contributed by atoms with E-state index in [1.54, 1.807) is 6.07 Å². The summed E-state index contributed by atoms with van der Waals surface area (Å²) >= 11 is 0. The van der Waals surface area contributed by atoms with Gasteiger partial charge in [0.1, 0.15) is 11.3 Å². The molecule has 0 spiro atoms. The summed E-state index contributed by atoms with van der Waals surface area (Å²) in [4.78, 5) is 11.5. The smallest absolute Gasteiger partial charge is 0.341 e. The second-order valence-corrected chi connectivity index (χ2v) is 4.45. The maximum absolute atomic E-state index is 11.5. The van der Waals surface area contributed by atoms with Gasteiger partial charge in [-0.15, -0.1) is 0 Å². The molecule has 1 saturated heterocycles. The lowest BCUT2D eigenvalue weighted by Gasteiger charge is -2.12. The van der Waals surface area contributed by atoms with E-state index in [1.807, 2.05) is 12.1 Å². The van der Waals surface area contributed by atoms with E-state index in [0.29, 0.717) is 17.9 Å². The molecule has 0 amide bonds. The molecule has 1 aliphatic rings. The zero-order valence-corrected chi connectivity index (χ0v) is 11.3. The Morgan fingerprint density at radius 1 is 1.42 bits per heavy atom. The van der Waals surface area contributed by atoms with Crippen LogP contribution in [0.4, 0.5) is 0 Å². The molecule has 0 aliphatic carbocycles. The fourth-order valence-corrected chi connectivity index (χ4v) is 2.09. The molecule has 1 unspecified atom stereocenters. The van der Waals surface area contributed by atoms with Crippen LogP contribution in [-0.2, 0) is 16.1 Å². The summed E-state index contributed by atoms with van der Waals surface area (Å²) in [6, 6.07) is 5.38. The number of methoxy groups -OCH3 is 2. The Hall–Kier alpha value is -1.59. The van der Waals surface area contributed by atoms with Gasteiger partial charge in [-0.3, -0.25) is 0 Å². The molecule has 104 valence electrons. The summed E-state index contributed by atoms with van der Waals surface area (Å²) in [5, 5.41) is 3.25. The first-order chi connectivity index (χ1) is 9.24. The topological polar surface area (TPSA) is 56.8 Å². The molecule has 0 radical (unpaired) electrons. The average Bonchev–Trinajstić information content (AvgIpc) is 2.97. The zero-order valence-electron chi connectivity index (χ0n) is 11.3. The van der Waals surface area contributed by atoms with Gasteiger partial charge in [0.05, 0.1) is 26.9 Å². The number of benzene rings is 1. The Bertz CT molecular complexity index is 441. The van der Waals surface area contributed by atoms with Gasteiger partial charge >= 0.3 is 5.97 Å². The highest BCUT2D eigenvalue weighted by Crippen LogP contribution is 2.22. The molecular weight excluding hydrogens is 246 g/mol. The number of ether oxygens (including phenoxy) is 3. The number of hydrogen-bond donors (Lipinski definition) is 1. The fraction of sp³-hybridized carbons (Fsp3) is 0.500. The van der Waals surface area contributed by atoms with Crippen molar-refractivity contribution in [2.24, 2.45) is 0 Å². The highest BCUT2D eigenvalue weighted by Gasteiger charge is 2.16. The lowest BCUT2D eigenvalue weighted by Crippen LogP contribution is -2.16. The van der Waals surface area contributed by atoms with E-state index in [2.05, 4.69) is 5.32 Å². The van der Waals surface area contributed by atoms with Gasteiger partial charge in [0.2, 0.25) is 0 Å². The van der Waals surface area contributed by atoms with Crippen LogP contribution in [0.15, 0.2) is 18.2 Å². The van der Waals surface area contributed by atoms with Gasteiger partial charge < -0.3 is 19.5 Å². The van der Waals surface area contributed by atoms with Crippen molar-refractivity contribution in [3.8, 4) is 5.75 Å². The second-order valence-electron chi connectivity index (χ2n) is 4.45. The summed E-state index contributed by atoms with van der Waals surface area (Å²) in [6.45, 7) is 2.43. The van der Waals surface area contributed by atoms with Crippen molar-refractivity contribution in [2.45, 2.75) is 19.1 Å². The molecule has 5 heteroatoms. The maximum Gasteiger partial charge on any atom is 0.341 e. The van der Waals surface area contributed by atoms with E-state index < -0.39 is 5.97 Å². The first kappa shape index (κ1) is 13.8. The zero-order chi connectivity index (χ0) is 13.7. The van der Waals surface area contributed by atoms with Gasteiger partial charge in [-0.25, -0.2) is 4.79 Å². The van der Waals surface area contributed by atoms with Crippen molar-refractivity contribution >= 4 is 5.97 Å². The predicted octanol–water partition coefficient (Wildman–Crippen LogP) is 1.36. The third kappa shape index (κ3) is 3.45. The van der Waals surface area contributed by atoms with Crippen LogP contribution in [0.2, 0.25) is 0 Å². The molecule has 1 heterocycles. The minimum Gasteiger partial charge on any atom is -0.496 e. The fourth-order valence-electron chi connectivity index (χ4n) is 2.09. The molecule has 2 rings (SSSR count). The molecule has 5 nitrogen and oxygen atoms in total. The lowest BCUT2D eigenvalue weighted by molar-refractivity contribution is 0.0538. The second kappa shape index (κ2) is 6.54. The molecule has 0 bridgehead atoms. The summed E-state index contributed by atoms with van der Waals surface area (Å²) in [7, 11) is 2.89. The van der Waals surface area contributed by atoms with E-state index >= 15 is 0 Å². The Kier molecular flexibility index (Phi) is 4.76. The van der Waals surface area contributed by atoms with Crippen LogP contribution in [-0.4, -0.2) is 39.4 Å². The maximum atomic E-state index is 11.5. The molecular formula is C14H19NO4. The number of rotatable bonds is 5. The van der Waals surface area contributed by atoms with Crippen molar-refractivity contribution < 1.29 is 19.0 Å². The van der Waals surface area contributed by atoms with E-state index in [4.69, 9.17) is 14.2 Å². The van der Waals surface area contributed by atoms with E-state index in [0.717, 1.165) is 25.1 Å². The number of nitrogens with one attached hydrogen (secondary N) is 1. The molecule has 0 aromatic heterocycles. The SMILES string of the molecule is COC(=O)c1ccc(COC2CCNC2)cc1OC. The average molecular weight is 265 g/mol. The van der Waals surface area contributed by atoms with Crippen LogP contribution in [0.5, 0.6) is 5.75 Å². The monoisotopic (exact) mass is 265 g/mol. The van der Waals surface area contributed by atoms with Gasteiger partial charge in [0, 0.05) is 6.54 Å². The third-order valence-electron chi connectivity index (χ3n) is 3.17. The summed E-state index contributed by atoms with van der Waals surface area (Å²) in [5.74, 6) is 0.113. The van der Waals surface area contributed by atoms with E-state index in [1.165, 1.54) is 14.2 Å². The highest BCUT2D eigenvalue weighted by atomic mass is 16.5. The molecule has 19 heavy (non-hydrogen) atoms. The molecule has 1 N–H and O–H groups in total. The van der Waals surface area contributed by atoms with Gasteiger partial charge in [0.25, 0.3) is 0 Å². The number of carbonyl (C=O) groups excluding carboxylic acids is 1. The standard InChI is InChI=1S/C14H19NO4/c1-17-13-7-10(3-4-12(13)14(16)18-2)9-19-11-5-6-15-8-11/h3-4,7,11,15H,5-6,8-9H2,1-2H3. The molecule has 1 fully saturated rings. The van der Waals surface area contributed by atoms with Crippen LogP contribution in [0.1, 0.15) is 22.3 Å². The minimum atomic E-state index is -0.399.